The first-order chi connectivity index (χ1) is 34.2. The Kier molecular flexibility index (Phi) is 21.0. The third-order valence-corrected chi connectivity index (χ3v) is 16.0. The van der Waals surface area contributed by atoms with Gasteiger partial charge in [-0.3, -0.25) is 48.9 Å². The number of amides is 4. The van der Waals surface area contributed by atoms with Crippen molar-refractivity contribution >= 4 is 58.0 Å². The summed E-state index contributed by atoms with van der Waals surface area (Å²) in [6.45, 7) is 26.2. The molecule has 18 nitrogen and oxygen atoms in total. The van der Waals surface area contributed by atoms with Gasteiger partial charge in [0.25, 0.3) is 5.91 Å². The van der Waals surface area contributed by atoms with Gasteiger partial charge in [0.2, 0.25) is 35.6 Å². The normalized spacial score (nSPS) is 22.5. The monoisotopic (exact) mass is 991 g/mol. The second-order valence-electron chi connectivity index (χ2n) is 20.0. The highest BCUT2D eigenvalue weighted by molar-refractivity contribution is 7.13. The van der Waals surface area contributed by atoms with Crippen LogP contribution in [0.3, 0.4) is 0 Å². The van der Waals surface area contributed by atoms with Crippen molar-refractivity contribution in [3.05, 3.63) is 11.1 Å². The zero-order valence-electron chi connectivity index (χ0n) is 43.4. The standard InChI is InChI=1S/C15H26N4O.C13H19N3OS.C12H21N3O.C11H20N4O/c1-2-17-9-11-18(12-10-17)15-16-7-8-19(15)14(20)13-5-3-4-6-13;17-12(15-6-4-5-7-15)11-10-18-13(14-11)16-8-2-1-3-9-16;1-2-6-11(16)15-10-7-13-12(15)14-8-4-3-5-9-14;1-3-10(16)15-5-4-12-11(15)14-8-6-13(2)7-9-14/h13H,2-12H2,1H3;10H,1-9H2;2-10H2,1H3;3-9H2,1-2H3. The molecule has 6 fully saturated rings. The second-order valence-corrected chi connectivity index (χ2v) is 20.9. The van der Waals surface area contributed by atoms with Crippen molar-refractivity contribution in [3.63, 3.8) is 0 Å². The Labute approximate surface area is 423 Å². The molecule has 9 aliphatic rings. The maximum Gasteiger partial charge on any atom is 0.273 e. The third kappa shape index (κ3) is 14.4. The minimum Gasteiger partial charge on any atom is -0.348 e. The highest BCUT2D eigenvalue weighted by Crippen LogP contribution is 2.28. The molecule has 1 aliphatic carbocycles. The van der Waals surface area contributed by atoms with Gasteiger partial charge in [-0.2, -0.15) is 0 Å². The molecule has 0 bridgehead atoms. The zero-order valence-corrected chi connectivity index (χ0v) is 44.2. The summed E-state index contributed by atoms with van der Waals surface area (Å²) in [5.41, 5.74) is 0.641. The third-order valence-electron chi connectivity index (χ3n) is 15.1. The molecule has 390 valence electrons. The van der Waals surface area contributed by atoms with E-state index in [-0.39, 0.29) is 23.6 Å². The Morgan fingerprint density at radius 2 is 1.03 bits per heavy atom. The summed E-state index contributed by atoms with van der Waals surface area (Å²) >= 11 is 1.61. The largest absolute Gasteiger partial charge is 0.348 e. The van der Waals surface area contributed by atoms with Crippen LogP contribution in [-0.2, 0) is 14.4 Å². The second kappa shape index (κ2) is 27.5. The molecule has 70 heavy (non-hydrogen) atoms. The van der Waals surface area contributed by atoms with Gasteiger partial charge in [-0.1, -0.05) is 33.6 Å². The van der Waals surface area contributed by atoms with Gasteiger partial charge in [0.05, 0.1) is 19.6 Å². The van der Waals surface area contributed by atoms with Crippen molar-refractivity contribution in [1.82, 2.24) is 49.1 Å². The average molecular weight is 991 g/mol. The molecule has 1 saturated carbocycles. The molecular weight excluding hydrogens is 905 g/mol. The van der Waals surface area contributed by atoms with E-state index in [0.29, 0.717) is 24.4 Å². The molecule has 9 heterocycles. The lowest BCUT2D eigenvalue weighted by Gasteiger charge is -2.37. The smallest absolute Gasteiger partial charge is 0.273 e. The minimum atomic E-state index is 0.118. The molecule has 10 rings (SSSR count). The number of rotatable bonds is 7. The highest BCUT2D eigenvalue weighted by atomic mass is 32.1. The van der Waals surface area contributed by atoms with Crippen LogP contribution in [0.1, 0.15) is 128 Å². The van der Waals surface area contributed by atoms with Gasteiger partial charge >= 0.3 is 0 Å². The summed E-state index contributed by atoms with van der Waals surface area (Å²) in [6.07, 6.45) is 16.6. The van der Waals surface area contributed by atoms with Crippen molar-refractivity contribution in [3.8, 4) is 0 Å². The number of likely N-dealkylation sites (tertiary alicyclic amines) is 2. The number of thiazole rings is 1. The van der Waals surface area contributed by atoms with Crippen LogP contribution in [0.5, 0.6) is 0 Å². The van der Waals surface area contributed by atoms with Gasteiger partial charge < -0.3 is 34.3 Å². The quantitative estimate of drug-likeness (QED) is 0.375. The summed E-state index contributed by atoms with van der Waals surface area (Å²) in [5.74, 6) is 3.94. The molecule has 0 aromatic carbocycles. The lowest BCUT2D eigenvalue weighted by atomic mass is 10.1. The first-order valence-electron chi connectivity index (χ1n) is 27.4. The molecule has 0 radical (unpaired) electrons. The van der Waals surface area contributed by atoms with Gasteiger partial charge in [-0.15, -0.1) is 11.3 Å². The van der Waals surface area contributed by atoms with Crippen LogP contribution >= 0.6 is 11.3 Å². The van der Waals surface area contributed by atoms with E-state index in [1.807, 2.05) is 38.8 Å². The SMILES string of the molecule is CCC(=O)N1CCN=C1N1CCN(C)CC1.CCCC(=O)N1CCN=C1N1CCCCC1.CCN1CCN(C2=NCCN2C(=O)C2CCCC2)CC1.O=C(c1csc(N2CCCCC2)n1)N1CCCC1. The lowest BCUT2D eigenvalue weighted by Crippen LogP contribution is -2.54. The van der Waals surface area contributed by atoms with E-state index in [0.717, 1.165) is 193 Å². The van der Waals surface area contributed by atoms with Crippen molar-refractivity contribution in [2.24, 2.45) is 20.9 Å². The fourth-order valence-electron chi connectivity index (χ4n) is 10.8. The van der Waals surface area contributed by atoms with Crippen molar-refractivity contribution < 1.29 is 19.2 Å². The number of hydrogen-bond donors (Lipinski definition) is 0. The van der Waals surface area contributed by atoms with Gasteiger partial charge in [0.15, 0.2) is 5.13 Å². The van der Waals surface area contributed by atoms with E-state index >= 15 is 0 Å². The Morgan fingerprint density at radius 1 is 0.543 bits per heavy atom. The molecule has 8 aliphatic heterocycles. The summed E-state index contributed by atoms with van der Waals surface area (Å²) in [6, 6.07) is 0. The van der Waals surface area contributed by atoms with Crippen molar-refractivity contribution in [2.45, 2.75) is 117 Å². The number of piperidine rings is 2. The van der Waals surface area contributed by atoms with E-state index in [1.165, 1.54) is 51.4 Å². The van der Waals surface area contributed by atoms with Crippen LogP contribution in [-0.4, -0.2) is 235 Å². The predicted molar refractivity (Wildman–Crippen MR) is 281 cm³/mol. The number of piperazine rings is 2. The number of carbonyl (C=O) groups is 4. The number of nitrogens with zero attached hydrogens (tertiary/aromatic N) is 14. The topological polar surface area (TPSA) is 151 Å². The summed E-state index contributed by atoms with van der Waals surface area (Å²) in [7, 11) is 2.13. The first-order valence-corrected chi connectivity index (χ1v) is 28.3. The van der Waals surface area contributed by atoms with Crippen LogP contribution in [0, 0.1) is 5.92 Å². The van der Waals surface area contributed by atoms with Gasteiger partial charge in [-0.25, -0.2) is 4.98 Å². The first kappa shape index (κ1) is 53.4. The van der Waals surface area contributed by atoms with Crippen LogP contribution < -0.4 is 4.90 Å². The average Bonchev–Trinajstić information content (AvgIpc) is 4.27. The van der Waals surface area contributed by atoms with E-state index < -0.39 is 0 Å². The number of aromatic nitrogens is 1. The maximum absolute atomic E-state index is 12.6. The van der Waals surface area contributed by atoms with E-state index in [1.54, 1.807) is 11.3 Å². The Bertz CT molecular complexity index is 1920. The molecule has 0 N–H and O–H groups in total. The number of guanidine groups is 3. The number of carbonyl (C=O) groups excluding carboxylic acids is 4. The van der Waals surface area contributed by atoms with Crippen LogP contribution in [0.4, 0.5) is 5.13 Å². The van der Waals surface area contributed by atoms with Crippen molar-refractivity contribution in [2.75, 3.05) is 149 Å². The highest BCUT2D eigenvalue weighted by Gasteiger charge is 2.35. The molecular formula is C51H86N14O4S. The number of anilines is 1. The minimum absolute atomic E-state index is 0.118. The molecule has 0 unspecified atom stereocenters. The molecule has 1 aromatic heterocycles. The number of aliphatic imine (C=N–C) groups is 3. The summed E-state index contributed by atoms with van der Waals surface area (Å²) in [5, 5.41) is 2.95. The van der Waals surface area contributed by atoms with E-state index in [9.17, 15) is 19.2 Å². The molecule has 4 amide bonds. The lowest BCUT2D eigenvalue weighted by molar-refractivity contribution is -0.131. The van der Waals surface area contributed by atoms with Crippen LogP contribution in [0.15, 0.2) is 20.4 Å². The molecule has 0 spiro atoms. The fourth-order valence-corrected chi connectivity index (χ4v) is 11.6. The molecule has 19 heteroatoms. The van der Waals surface area contributed by atoms with Gasteiger partial charge in [0.1, 0.15) is 5.69 Å². The zero-order chi connectivity index (χ0) is 49.2. The number of likely N-dealkylation sites (N-methyl/N-ethyl adjacent to an activating group) is 2. The predicted octanol–water partition coefficient (Wildman–Crippen LogP) is 4.69. The van der Waals surface area contributed by atoms with E-state index in [2.05, 4.69) is 63.3 Å². The van der Waals surface area contributed by atoms with E-state index in [4.69, 9.17) is 0 Å². The maximum atomic E-state index is 12.6. The van der Waals surface area contributed by atoms with Gasteiger partial charge in [-0.05, 0) is 84.2 Å². The Morgan fingerprint density at radius 3 is 1.57 bits per heavy atom. The molecule has 0 atom stereocenters. The van der Waals surface area contributed by atoms with Crippen LogP contribution in [0.25, 0.3) is 0 Å². The Balaban J connectivity index is 0.000000138. The summed E-state index contributed by atoms with van der Waals surface area (Å²) in [4.78, 5) is 88.1. The Hall–Kier alpha value is -4.36. The molecule has 5 saturated heterocycles. The van der Waals surface area contributed by atoms with Crippen molar-refractivity contribution in [1.29, 1.82) is 0 Å². The van der Waals surface area contributed by atoms with Crippen LogP contribution in [0.2, 0.25) is 0 Å². The van der Waals surface area contributed by atoms with Gasteiger partial charge in [0, 0.05) is 135 Å². The fraction of sp³-hybridized carbons (Fsp3) is 0.804. The molecule has 1 aromatic rings. The number of hydrogen-bond acceptors (Lipinski definition) is 15. The summed E-state index contributed by atoms with van der Waals surface area (Å²) < 4.78 is 0.